The molecule has 0 spiro atoms. The fraction of sp³-hybridized carbons (Fsp3) is 0.516. The lowest BCUT2D eigenvalue weighted by atomic mass is 9.88. The molecule has 0 saturated heterocycles. The third-order valence-corrected chi connectivity index (χ3v) is 9.46. The quantitative estimate of drug-likeness (QED) is 0.315. The zero-order valence-electron chi connectivity index (χ0n) is 23.7. The van der Waals surface area contributed by atoms with Crippen LogP contribution in [0.1, 0.15) is 55.1 Å². The Kier molecular flexibility index (Phi) is 10.7. The third kappa shape index (κ3) is 7.66. The Morgan fingerprint density at radius 1 is 1.07 bits per heavy atom. The van der Waals surface area contributed by atoms with Crippen LogP contribution in [0.5, 0.6) is 5.75 Å². The van der Waals surface area contributed by atoms with E-state index < -0.39 is 22.6 Å². The molecule has 7 nitrogen and oxygen atoms in total. The van der Waals surface area contributed by atoms with Crippen molar-refractivity contribution in [2.24, 2.45) is 22.1 Å². The lowest BCUT2D eigenvalue weighted by molar-refractivity contribution is 0.0730. The number of ether oxygens (including phenoxy) is 2. The fourth-order valence-electron chi connectivity index (χ4n) is 5.28. The Morgan fingerprint density at radius 2 is 1.88 bits per heavy atom. The van der Waals surface area contributed by atoms with Crippen LogP contribution in [-0.4, -0.2) is 49.2 Å². The number of amides is 1. The van der Waals surface area contributed by atoms with Crippen LogP contribution in [0.4, 0.5) is 5.69 Å². The number of carbonyl (C=O) groups excluding carboxylic acids is 1. The standard InChI is InChI=1S/C31H40ClN2O5S/c1-20-17-34-18-25-8-10-26(32)15-23(25)7-5-6-14-39-30-12-9-24(16-27(30)34)31(36)33-40(37)19-21(2)28(35)11-13-29(38-4)22(20)3/h8-13,15-16,20-22,28-29,35H,5-7,14,17-19H2,1-4H3/q-1/b13-11+/t20-,21+,22+,28-,29-/m0/s1. The number of hydrogen-bond acceptors (Lipinski definition) is 7. The van der Waals surface area contributed by atoms with Crippen molar-refractivity contribution in [1.82, 2.24) is 0 Å². The number of aliphatic hydroxyl groups excluding tert-OH is 1. The van der Waals surface area contributed by atoms with E-state index in [1.54, 1.807) is 32.2 Å². The molecule has 218 valence electrons. The fourth-order valence-corrected chi connectivity index (χ4v) is 6.49. The lowest BCUT2D eigenvalue weighted by Crippen LogP contribution is -2.35. The van der Waals surface area contributed by atoms with Gasteiger partial charge in [0.15, 0.2) is 0 Å². The van der Waals surface area contributed by atoms with Crippen LogP contribution in [0, 0.1) is 17.8 Å². The van der Waals surface area contributed by atoms with Crippen LogP contribution in [0.15, 0.2) is 52.9 Å². The summed E-state index contributed by atoms with van der Waals surface area (Å²) in [4.78, 5) is 15.4. The topological polar surface area (TPSA) is 88.4 Å². The highest BCUT2D eigenvalue weighted by molar-refractivity contribution is 7.75. The van der Waals surface area contributed by atoms with Gasteiger partial charge in [-0.3, -0.25) is 4.79 Å². The van der Waals surface area contributed by atoms with Gasteiger partial charge in [0.25, 0.3) is 5.91 Å². The van der Waals surface area contributed by atoms with Gasteiger partial charge in [0.1, 0.15) is 5.75 Å². The maximum Gasteiger partial charge on any atom is 0.254 e. The molecule has 4 rings (SSSR count). The summed E-state index contributed by atoms with van der Waals surface area (Å²) < 4.78 is 28.8. The predicted octanol–water partition coefficient (Wildman–Crippen LogP) is 6.20. The molecule has 1 N–H and O–H groups in total. The van der Waals surface area contributed by atoms with Gasteiger partial charge in [-0.1, -0.05) is 56.3 Å². The molecular formula is C31H40ClN2O5S-. The molecule has 1 amide bonds. The average Bonchev–Trinajstić information content (AvgIpc) is 2.95. The predicted molar refractivity (Wildman–Crippen MR) is 160 cm³/mol. The first-order chi connectivity index (χ1) is 19.2. The van der Waals surface area contributed by atoms with Gasteiger partial charge in [0, 0.05) is 30.8 Å². The molecule has 2 aliphatic rings. The van der Waals surface area contributed by atoms with Gasteiger partial charge >= 0.3 is 0 Å². The summed E-state index contributed by atoms with van der Waals surface area (Å²) >= 11 is 6.38. The van der Waals surface area contributed by atoms with Gasteiger partial charge in [0.05, 0.1) is 24.5 Å². The molecule has 0 fully saturated rings. The highest BCUT2D eigenvalue weighted by Crippen LogP contribution is 2.35. The second-order valence-electron chi connectivity index (χ2n) is 11.1. The smallest absolute Gasteiger partial charge is 0.254 e. The van der Waals surface area contributed by atoms with E-state index in [4.69, 9.17) is 21.1 Å². The summed E-state index contributed by atoms with van der Waals surface area (Å²) in [6, 6.07) is 11.4. The molecule has 0 aliphatic carbocycles. The highest BCUT2D eigenvalue weighted by atomic mass is 35.5. The van der Waals surface area contributed by atoms with Gasteiger partial charge in [-0.15, -0.1) is 0 Å². The Hall–Kier alpha value is -2.39. The molecule has 2 bridgehead atoms. The first kappa shape index (κ1) is 30.6. The summed E-state index contributed by atoms with van der Waals surface area (Å²) in [7, 11) is -0.106. The van der Waals surface area contributed by atoms with E-state index in [0.29, 0.717) is 36.0 Å². The van der Waals surface area contributed by atoms with E-state index in [2.05, 4.69) is 29.2 Å². The molecule has 2 aromatic carbocycles. The highest BCUT2D eigenvalue weighted by Gasteiger charge is 2.26. The third-order valence-electron chi connectivity index (χ3n) is 8.04. The van der Waals surface area contributed by atoms with E-state index >= 15 is 0 Å². The Bertz CT molecular complexity index is 1310. The van der Waals surface area contributed by atoms with Gasteiger partial charge in [-0.05, 0) is 78.5 Å². The number of benzene rings is 2. The number of anilines is 1. The lowest BCUT2D eigenvalue weighted by Gasteiger charge is -2.34. The zero-order valence-corrected chi connectivity index (χ0v) is 25.3. The molecule has 0 aromatic heterocycles. The molecule has 0 radical (unpaired) electrons. The summed E-state index contributed by atoms with van der Waals surface area (Å²) in [5, 5.41) is 11.4. The number of aliphatic hydroxyl groups is 1. The minimum absolute atomic E-state index is 0.0698. The number of fused-ring (bicyclic) bond motifs is 2. The van der Waals surface area contributed by atoms with Gasteiger partial charge in [0.2, 0.25) is 0 Å². The van der Waals surface area contributed by atoms with Crippen molar-refractivity contribution < 1.29 is 23.6 Å². The monoisotopic (exact) mass is 587 g/mol. The van der Waals surface area contributed by atoms with Gasteiger partial charge in [-0.2, -0.15) is 10.6 Å². The number of aryl methyl sites for hydroxylation is 1. The first-order valence-corrected chi connectivity index (χ1v) is 15.6. The Labute approximate surface area is 244 Å². The van der Waals surface area contributed by atoms with Crippen molar-refractivity contribution in [2.75, 3.05) is 30.9 Å². The molecule has 2 aromatic rings. The van der Waals surface area contributed by atoms with E-state index in [-0.39, 0.29) is 29.6 Å². The van der Waals surface area contributed by atoms with Crippen LogP contribution in [0.2, 0.25) is 5.02 Å². The Balaban J connectivity index is 1.85. The number of carbonyl (C=O) groups is 1. The minimum atomic E-state index is -1.78. The SMILES string of the molecule is CO[C@H]1/C=C/[C@H](O)[C@H](C)C[S-](=O)=NC(=O)c2ccc3c(c2)N(Cc2ccc(Cl)cc2CCCCO3)C[C@H](C)[C@H]1C. The largest absolute Gasteiger partial charge is 0.491 e. The van der Waals surface area contributed by atoms with E-state index in [1.165, 1.54) is 11.1 Å². The van der Waals surface area contributed by atoms with Crippen molar-refractivity contribution in [1.29, 1.82) is 0 Å². The molecule has 40 heavy (non-hydrogen) atoms. The summed E-state index contributed by atoms with van der Waals surface area (Å²) in [6.07, 6.45) is 5.30. The van der Waals surface area contributed by atoms with Crippen molar-refractivity contribution in [2.45, 2.75) is 58.8 Å². The summed E-state index contributed by atoms with van der Waals surface area (Å²) in [6.45, 7) is 7.95. The van der Waals surface area contributed by atoms with E-state index in [0.717, 1.165) is 24.9 Å². The number of rotatable bonds is 1. The number of hydrogen-bond donors (Lipinski definition) is 1. The first-order valence-electron chi connectivity index (χ1n) is 14.0. The average molecular weight is 588 g/mol. The van der Waals surface area contributed by atoms with Crippen molar-refractivity contribution >= 4 is 33.8 Å². The number of methoxy groups -OCH3 is 1. The summed E-state index contributed by atoms with van der Waals surface area (Å²) in [5.41, 5.74) is 3.54. The van der Waals surface area contributed by atoms with Crippen LogP contribution in [-0.2, 0) is 32.5 Å². The second kappa shape index (κ2) is 14.0. The summed E-state index contributed by atoms with van der Waals surface area (Å²) in [5.74, 6) is 0.154. The van der Waals surface area contributed by atoms with Crippen LogP contribution < -0.4 is 9.64 Å². The molecule has 5 atom stereocenters. The van der Waals surface area contributed by atoms with Crippen LogP contribution >= 0.6 is 11.6 Å². The normalized spacial score (nSPS) is 28.0. The molecule has 9 heteroatoms. The van der Waals surface area contributed by atoms with Gasteiger partial charge in [-0.25, -0.2) is 0 Å². The molecule has 0 unspecified atom stereocenters. The number of nitrogens with zero attached hydrogens (tertiary/aromatic N) is 2. The van der Waals surface area contributed by atoms with Crippen LogP contribution in [0.25, 0.3) is 0 Å². The Morgan fingerprint density at radius 3 is 2.65 bits per heavy atom. The molecule has 2 aliphatic heterocycles. The van der Waals surface area contributed by atoms with Crippen molar-refractivity contribution in [3.8, 4) is 5.75 Å². The minimum Gasteiger partial charge on any atom is -0.491 e. The maximum absolute atomic E-state index is 13.1. The second-order valence-corrected chi connectivity index (χ2v) is 12.7. The van der Waals surface area contributed by atoms with E-state index in [1.807, 2.05) is 24.3 Å². The maximum atomic E-state index is 13.1. The molecular weight excluding hydrogens is 548 g/mol. The molecule has 0 saturated carbocycles. The molecule has 2 heterocycles. The van der Waals surface area contributed by atoms with Gasteiger partial charge < -0.3 is 28.1 Å². The van der Waals surface area contributed by atoms with Crippen molar-refractivity contribution in [3.63, 3.8) is 0 Å². The van der Waals surface area contributed by atoms with E-state index in [9.17, 15) is 14.1 Å². The van der Waals surface area contributed by atoms with Crippen molar-refractivity contribution in [3.05, 3.63) is 70.3 Å². The number of halogens is 1. The van der Waals surface area contributed by atoms with Crippen LogP contribution in [0.3, 0.4) is 0 Å². The zero-order chi connectivity index (χ0) is 28.8.